The van der Waals surface area contributed by atoms with Gasteiger partial charge in [0.25, 0.3) is 5.56 Å². The Morgan fingerprint density at radius 2 is 1.91 bits per heavy atom. The average Bonchev–Trinajstić information content (AvgIpc) is 2.47. The van der Waals surface area contributed by atoms with Crippen LogP contribution in [0.3, 0.4) is 0 Å². The molecule has 0 unspecified atom stereocenters. The second-order valence-electron chi connectivity index (χ2n) is 5.81. The summed E-state index contributed by atoms with van der Waals surface area (Å²) in [7, 11) is 2.77. The number of nitrogens with zero attached hydrogens (tertiary/aromatic N) is 3. The molecule has 1 aliphatic heterocycles. The van der Waals surface area contributed by atoms with Crippen molar-refractivity contribution in [3.63, 3.8) is 0 Å². The highest BCUT2D eigenvalue weighted by Gasteiger charge is 2.28. The zero-order valence-corrected chi connectivity index (χ0v) is 13.3. The van der Waals surface area contributed by atoms with Crippen molar-refractivity contribution in [2.75, 3.05) is 25.4 Å². The molecular weight excluding hydrogens is 288 g/mol. The van der Waals surface area contributed by atoms with Gasteiger partial charge in [0.1, 0.15) is 11.4 Å². The first-order valence-electron chi connectivity index (χ1n) is 7.18. The van der Waals surface area contributed by atoms with Gasteiger partial charge in [0, 0.05) is 26.7 Å². The Hall–Kier alpha value is -1.93. The molecule has 2 rings (SSSR count). The van der Waals surface area contributed by atoms with Gasteiger partial charge in [-0.2, -0.15) is 0 Å². The standard InChI is InChI=1S/C14H22N4O4/c1-8-7-22-9(2)5-18(8)6-10(19)11-12(15)16(3)14(21)17(4)13(11)20/h8-9H,5-7,15H2,1-4H3/t8-,9-/m1/s1. The molecule has 8 heteroatoms. The van der Waals surface area contributed by atoms with Gasteiger partial charge in [-0.15, -0.1) is 0 Å². The third-order valence-corrected chi connectivity index (χ3v) is 4.07. The van der Waals surface area contributed by atoms with Crippen molar-refractivity contribution in [1.82, 2.24) is 14.0 Å². The Kier molecular flexibility index (Phi) is 4.52. The number of nitrogens with two attached hydrogens (primary N) is 1. The Bertz CT molecular complexity index is 706. The van der Waals surface area contributed by atoms with Gasteiger partial charge in [-0.3, -0.25) is 23.6 Å². The zero-order valence-electron chi connectivity index (χ0n) is 13.3. The summed E-state index contributed by atoms with van der Waals surface area (Å²) < 4.78 is 7.53. The number of carbonyl (C=O) groups excluding carboxylic acids is 1. The van der Waals surface area contributed by atoms with E-state index in [-0.39, 0.29) is 35.9 Å². The van der Waals surface area contributed by atoms with Crippen LogP contribution in [0.2, 0.25) is 0 Å². The normalized spacial score (nSPS) is 22.7. The van der Waals surface area contributed by atoms with Crippen molar-refractivity contribution in [1.29, 1.82) is 0 Å². The lowest BCUT2D eigenvalue weighted by Crippen LogP contribution is -2.50. The van der Waals surface area contributed by atoms with Crippen LogP contribution < -0.4 is 17.0 Å². The smallest absolute Gasteiger partial charge is 0.332 e. The maximum absolute atomic E-state index is 12.5. The molecule has 0 aromatic carbocycles. The minimum absolute atomic E-state index is 0.0318. The van der Waals surface area contributed by atoms with Crippen molar-refractivity contribution < 1.29 is 9.53 Å². The van der Waals surface area contributed by atoms with E-state index in [9.17, 15) is 14.4 Å². The summed E-state index contributed by atoms with van der Waals surface area (Å²) >= 11 is 0. The predicted molar refractivity (Wildman–Crippen MR) is 82.1 cm³/mol. The molecular formula is C14H22N4O4. The Morgan fingerprint density at radius 3 is 2.55 bits per heavy atom. The van der Waals surface area contributed by atoms with E-state index in [1.165, 1.54) is 14.1 Å². The van der Waals surface area contributed by atoms with Crippen LogP contribution in [0.5, 0.6) is 0 Å². The molecule has 0 aliphatic carbocycles. The molecule has 1 fully saturated rings. The minimum atomic E-state index is -0.653. The first-order chi connectivity index (χ1) is 10.2. The molecule has 0 bridgehead atoms. The summed E-state index contributed by atoms with van der Waals surface area (Å²) in [6, 6.07) is 0.0813. The number of ether oxygens (including phenoxy) is 1. The number of hydrogen-bond donors (Lipinski definition) is 1. The number of rotatable bonds is 3. The van der Waals surface area contributed by atoms with E-state index in [0.29, 0.717) is 13.2 Å². The highest BCUT2D eigenvalue weighted by molar-refractivity contribution is 6.01. The third-order valence-electron chi connectivity index (χ3n) is 4.07. The average molecular weight is 310 g/mol. The van der Waals surface area contributed by atoms with E-state index in [0.717, 1.165) is 9.13 Å². The molecule has 122 valence electrons. The number of ketones is 1. The molecule has 2 atom stereocenters. The summed E-state index contributed by atoms with van der Waals surface area (Å²) in [5, 5.41) is 0. The van der Waals surface area contributed by atoms with Gasteiger partial charge in [-0.1, -0.05) is 0 Å². The van der Waals surface area contributed by atoms with Gasteiger partial charge in [-0.05, 0) is 13.8 Å². The first kappa shape index (κ1) is 16.4. The lowest BCUT2D eigenvalue weighted by Gasteiger charge is -2.36. The number of hydrogen-bond acceptors (Lipinski definition) is 6. The summed E-state index contributed by atoms with van der Waals surface area (Å²) in [6.45, 7) is 5.12. The summed E-state index contributed by atoms with van der Waals surface area (Å²) in [5.41, 5.74) is 4.48. The first-order valence-corrected chi connectivity index (χ1v) is 7.18. The van der Waals surface area contributed by atoms with Gasteiger partial charge < -0.3 is 10.5 Å². The summed E-state index contributed by atoms with van der Waals surface area (Å²) in [4.78, 5) is 38.5. The van der Waals surface area contributed by atoms with Crippen molar-refractivity contribution in [3.8, 4) is 0 Å². The molecule has 22 heavy (non-hydrogen) atoms. The fourth-order valence-corrected chi connectivity index (χ4v) is 2.58. The van der Waals surface area contributed by atoms with Crippen LogP contribution in [0.15, 0.2) is 9.59 Å². The molecule has 0 radical (unpaired) electrons. The Balaban J connectivity index is 2.35. The van der Waals surface area contributed by atoms with Crippen LogP contribution in [-0.4, -0.2) is 51.7 Å². The Morgan fingerprint density at radius 1 is 1.27 bits per heavy atom. The Labute approximate surface area is 128 Å². The molecule has 2 N–H and O–H groups in total. The lowest BCUT2D eigenvalue weighted by atomic mass is 10.1. The van der Waals surface area contributed by atoms with E-state index in [1.807, 2.05) is 18.7 Å². The zero-order chi connectivity index (χ0) is 16.6. The van der Waals surface area contributed by atoms with Gasteiger partial charge in [0.2, 0.25) is 0 Å². The molecule has 0 spiro atoms. The van der Waals surface area contributed by atoms with Crippen LogP contribution >= 0.6 is 0 Å². The SMILES string of the molecule is C[C@@H]1CN(CC(=O)c2c(N)n(C)c(=O)n(C)c2=O)[C@H](C)CO1. The molecule has 2 heterocycles. The van der Waals surface area contributed by atoms with Gasteiger partial charge in [0.05, 0.1) is 19.3 Å². The van der Waals surface area contributed by atoms with E-state index < -0.39 is 11.2 Å². The number of carbonyl (C=O) groups is 1. The highest BCUT2D eigenvalue weighted by Crippen LogP contribution is 2.13. The number of anilines is 1. The molecule has 1 aromatic heterocycles. The van der Waals surface area contributed by atoms with Crippen molar-refractivity contribution in [2.45, 2.75) is 26.0 Å². The fraction of sp³-hybridized carbons (Fsp3) is 0.643. The predicted octanol–water partition coefficient (Wildman–Crippen LogP) is -1.04. The van der Waals surface area contributed by atoms with Crippen LogP contribution in [0.25, 0.3) is 0 Å². The monoisotopic (exact) mass is 310 g/mol. The maximum Gasteiger partial charge on any atom is 0.332 e. The quantitative estimate of drug-likeness (QED) is 0.716. The van der Waals surface area contributed by atoms with E-state index >= 15 is 0 Å². The van der Waals surface area contributed by atoms with Gasteiger partial charge in [-0.25, -0.2) is 4.79 Å². The van der Waals surface area contributed by atoms with Crippen molar-refractivity contribution >= 4 is 11.6 Å². The van der Waals surface area contributed by atoms with Gasteiger partial charge >= 0.3 is 5.69 Å². The number of aromatic nitrogens is 2. The van der Waals surface area contributed by atoms with E-state index in [2.05, 4.69) is 0 Å². The van der Waals surface area contributed by atoms with Crippen LogP contribution in [0.4, 0.5) is 5.82 Å². The second-order valence-corrected chi connectivity index (χ2v) is 5.81. The summed E-state index contributed by atoms with van der Waals surface area (Å²) in [6.07, 6.45) is 0.0318. The van der Waals surface area contributed by atoms with Gasteiger partial charge in [0.15, 0.2) is 5.78 Å². The van der Waals surface area contributed by atoms with Crippen molar-refractivity contribution in [2.24, 2.45) is 14.1 Å². The van der Waals surface area contributed by atoms with Crippen LogP contribution in [0.1, 0.15) is 24.2 Å². The lowest BCUT2D eigenvalue weighted by molar-refractivity contribution is -0.0460. The number of morpholine rings is 1. The molecule has 0 saturated carbocycles. The molecule has 1 saturated heterocycles. The molecule has 8 nitrogen and oxygen atoms in total. The van der Waals surface area contributed by atoms with Crippen LogP contribution in [0, 0.1) is 0 Å². The maximum atomic E-state index is 12.5. The summed E-state index contributed by atoms with van der Waals surface area (Å²) in [5.74, 6) is -0.471. The van der Waals surface area contributed by atoms with Crippen LogP contribution in [-0.2, 0) is 18.8 Å². The topological polar surface area (TPSA) is 99.6 Å². The largest absolute Gasteiger partial charge is 0.384 e. The molecule has 1 aromatic rings. The minimum Gasteiger partial charge on any atom is -0.384 e. The van der Waals surface area contributed by atoms with E-state index in [1.54, 1.807) is 0 Å². The van der Waals surface area contributed by atoms with E-state index in [4.69, 9.17) is 10.5 Å². The number of nitrogen functional groups attached to an aromatic ring is 1. The molecule has 1 aliphatic rings. The fourth-order valence-electron chi connectivity index (χ4n) is 2.58. The number of Topliss-reactive ketones (excluding diaryl/α,β-unsaturated/α-hetero) is 1. The second kappa shape index (κ2) is 6.05. The van der Waals surface area contributed by atoms with Crippen molar-refractivity contribution in [3.05, 3.63) is 26.4 Å². The molecule has 0 amide bonds. The highest BCUT2D eigenvalue weighted by atomic mass is 16.5. The third kappa shape index (κ3) is 2.84.